The number of carbonyl (C=O) groups excluding carboxylic acids is 1. The van der Waals surface area contributed by atoms with Crippen molar-refractivity contribution in [1.29, 1.82) is 0 Å². The smallest absolute Gasteiger partial charge is 0.340 e. The summed E-state index contributed by atoms with van der Waals surface area (Å²) in [4.78, 5) is 17.0. The number of phenolic OH excluding ortho intramolecular Hbond substituents is 2. The maximum atomic E-state index is 12.9. The Balaban J connectivity index is 2.00. The van der Waals surface area contributed by atoms with Gasteiger partial charge >= 0.3 is 5.97 Å². The zero-order chi connectivity index (χ0) is 22.1. The third-order valence-corrected chi connectivity index (χ3v) is 7.96. The summed E-state index contributed by atoms with van der Waals surface area (Å²) in [6.07, 6.45) is 0. The molecule has 0 bridgehead atoms. The molecule has 10 heteroatoms. The SMILES string of the molecule is O=C1OC2(c3ccccc31)c1cc(I)c(O)c(I)c1Oc1c2cc(I)c(O)c1N=C=S. The van der Waals surface area contributed by atoms with Crippen molar-refractivity contribution in [1.82, 2.24) is 0 Å². The summed E-state index contributed by atoms with van der Waals surface area (Å²) in [5, 5.41) is 23.5. The minimum absolute atomic E-state index is 0.0470. The number of aromatic hydroxyl groups is 2. The van der Waals surface area contributed by atoms with Crippen LogP contribution in [-0.2, 0) is 10.3 Å². The van der Waals surface area contributed by atoms with E-state index in [-0.39, 0.29) is 22.9 Å². The van der Waals surface area contributed by atoms with Gasteiger partial charge in [0.15, 0.2) is 28.5 Å². The molecule has 3 aromatic carbocycles. The molecule has 1 spiro atoms. The predicted molar refractivity (Wildman–Crippen MR) is 141 cm³/mol. The van der Waals surface area contributed by atoms with Gasteiger partial charge in [-0.3, -0.25) is 0 Å². The number of halogens is 3. The fourth-order valence-electron chi connectivity index (χ4n) is 3.94. The second kappa shape index (κ2) is 7.54. The van der Waals surface area contributed by atoms with Crippen LogP contribution in [0.15, 0.2) is 41.4 Å². The zero-order valence-corrected chi connectivity index (χ0v) is 22.4. The van der Waals surface area contributed by atoms with Crippen LogP contribution in [0.2, 0.25) is 0 Å². The van der Waals surface area contributed by atoms with Crippen LogP contribution < -0.4 is 4.74 Å². The number of carbonyl (C=O) groups is 1. The van der Waals surface area contributed by atoms with Crippen LogP contribution in [0, 0.1) is 10.7 Å². The minimum atomic E-state index is -1.34. The van der Waals surface area contributed by atoms with Crippen molar-refractivity contribution >= 4 is 96.8 Å². The molecule has 154 valence electrons. The average Bonchev–Trinajstić information content (AvgIpc) is 3.05. The van der Waals surface area contributed by atoms with E-state index in [0.717, 1.165) is 0 Å². The summed E-state index contributed by atoms with van der Waals surface area (Å²) in [6, 6.07) is 10.6. The molecule has 0 fully saturated rings. The van der Waals surface area contributed by atoms with Crippen LogP contribution in [0.3, 0.4) is 0 Å². The summed E-state index contributed by atoms with van der Waals surface area (Å²) in [7, 11) is 0. The Kier molecular flexibility index (Phi) is 5.20. The molecule has 0 amide bonds. The lowest BCUT2D eigenvalue weighted by atomic mass is 9.77. The van der Waals surface area contributed by atoms with Gasteiger partial charge in [-0.05, 0) is 98.2 Å². The number of thiocarbonyl (C=S) groups is 1. The number of ether oxygens (including phenoxy) is 2. The normalized spacial score (nSPS) is 17.8. The number of benzene rings is 3. The van der Waals surface area contributed by atoms with Crippen molar-refractivity contribution < 1.29 is 24.5 Å². The van der Waals surface area contributed by atoms with Gasteiger partial charge in [-0.15, -0.1) is 0 Å². The number of aliphatic imine (C=N–C) groups is 1. The first-order valence-corrected chi connectivity index (χ1v) is 12.3. The molecule has 0 saturated carbocycles. The first-order chi connectivity index (χ1) is 14.8. The molecule has 1 unspecified atom stereocenters. The molecule has 2 aliphatic heterocycles. The Morgan fingerprint density at radius 2 is 1.61 bits per heavy atom. The average molecular weight is 767 g/mol. The fraction of sp³-hybridized carbons (Fsp3) is 0.0476. The standard InChI is InChI=1S/C21H8I3NO5S/c22-12-5-10-18(14(24)16(12)26)29-19-11(6-13(23)17(27)15(19)25-7-31)21(10)9-4-2-1-3-8(9)20(28)30-21/h1-6,26-27H. The number of nitrogens with zero attached hydrogens (tertiary/aromatic N) is 1. The largest absolute Gasteiger partial charge is 0.506 e. The molecular weight excluding hydrogens is 759 g/mol. The first kappa shape index (κ1) is 21.4. The van der Waals surface area contributed by atoms with E-state index in [1.165, 1.54) is 0 Å². The zero-order valence-electron chi connectivity index (χ0n) is 15.1. The first-order valence-electron chi connectivity index (χ1n) is 8.67. The van der Waals surface area contributed by atoms with Crippen LogP contribution in [0.25, 0.3) is 0 Å². The Hall–Kier alpha value is -1.48. The van der Waals surface area contributed by atoms with Gasteiger partial charge in [0.2, 0.25) is 0 Å². The molecule has 0 aliphatic carbocycles. The Morgan fingerprint density at radius 3 is 2.32 bits per heavy atom. The minimum Gasteiger partial charge on any atom is -0.506 e. The van der Waals surface area contributed by atoms with E-state index in [1.807, 2.05) is 79.9 Å². The molecule has 31 heavy (non-hydrogen) atoms. The highest BCUT2D eigenvalue weighted by atomic mass is 127. The summed E-state index contributed by atoms with van der Waals surface area (Å²) >= 11 is 10.8. The molecular formula is C21H8I3NO5S. The van der Waals surface area contributed by atoms with Gasteiger partial charge in [-0.1, -0.05) is 18.2 Å². The number of rotatable bonds is 1. The molecule has 2 N–H and O–H groups in total. The summed E-state index contributed by atoms with van der Waals surface area (Å²) in [6.45, 7) is 0. The van der Waals surface area contributed by atoms with Crippen molar-refractivity contribution in [2.24, 2.45) is 4.99 Å². The summed E-state index contributed by atoms with van der Waals surface area (Å²) in [5.74, 6) is -0.0541. The maximum Gasteiger partial charge on any atom is 0.340 e. The van der Waals surface area contributed by atoms with Crippen LogP contribution in [0.4, 0.5) is 5.69 Å². The molecule has 0 radical (unpaired) electrons. The molecule has 0 saturated heterocycles. The maximum absolute atomic E-state index is 12.9. The van der Waals surface area contributed by atoms with Gasteiger partial charge in [-0.2, -0.15) is 4.99 Å². The highest BCUT2D eigenvalue weighted by Gasteiger charge is 2.55. The molecule has 2 heterocycles. The number of hydrogen-bond acceptors (Lipinski definition) is 7. The van der Waals surface area contributed by atoms with E-state index in [9.17, 15) is 15.0 Å². The third kappa shape index (κ3) is 2.88. The van der Waals surface area contributed by atoms with Crippen LogP contribution >= 0.6 is 80.0 Å². The highest BCUT2D eigenvalue weighted by Crippen LogP contribution is 2.61. The Labute approximate surface area is 222 Å². The molecule has 1 atom stereocenters. The lowest BCUT2D eigenvalue weighted by molar-refractivity contribution is 0.0223. The number of esters is 1. The molecule has 2 aliphatic rings. The van der Waals surface area contributed by atoms with Gasteiger partial charge in [0, 0.05) is 5.56 Å². The fourth-order valence-corrected chi connectivity index (χ4v) is 6.39. The van der Waals surface area contributed by atoms with Crippen molar-refractivity contribution in [3.8, 4) is 23.0 Å². The number of hydrogen-bond donors (Lipinski definition) is 2. The van der Waals surface area contributed by atoms with Crippen LogP contribution in [0.5, 0.6) is 23.0 Å². The monoisotopic (exact) mass is 767 g/mol. The van der Waals surface area contributed by atoms with E-state index in [2.05, 4.69) is 10.2 Å². The molecule has 3 aromatic rings. The lowest BCUT2D eigenvalue weighted by Crippen LogP contribution is -2.33. The Morgan fingerprint density at radius 1 is 0.968 bits per heavy atom. The van der Waals surface area contributed by atoms with Crippen molar-refractivity contribution in [3.05, 3.63) is 69.4 Å². The summed E-state index contributed by atoms with van der Waals surface area (Å²) in [5.41, 5.74) is 0.884. The van der Waals surface area contributed by atoms with E-state index in [0.29, 0.717) is 38.7 Å². The molecule has 6 nitrogen and oxygen atoms in total. The second-order valence-electron chi connectivity index (χ2n) is 6.75. The highest BCUT2D eigenvalue weighted by molar-refractivity contribution is 14.1. The van der Waals surface area contributed by atoms with E-state index < -0.39 is 11.6 Å². The van der Waals surface area contributed by atoms with E-state index in [1.54, 1.807) is 24.3 Å². The van der Waals surface area contributed by atoms with Crippen LogP contribution in [-0.4, -0.2) is 21.3 Å². The molecule has 5 rings (SSSR count). The number of isothiocyanates is 1. The van der Waals surface area contributed by atoms with E-state index >= 15 is 0 Å². The van der Waals surface area contributed by atoms with Crippen molar-refractivity contribution in [2.75, 3.05) is 0 Å². The van der Waals surface area contributed by atoms with Gasteiger partial charge < -0.3 is 19.7 Å². The van der Waals surface area contributed by atoms with Gasteiger partial charge in [0.25, 0.3) is 0 Å². The van der Waals surface area contributed by atoms with E-state index in [4.69, 9.17) is 21.7 Å². The number of fused-ring (bicyclic) bond motifs is 6. The topological polar surface area (TPSA) is 88.4 Å². The van der Waals surface area contributed by atoms with Crippen molar-refractivity contribution in [2.45, 2.75) is 5.60 Å². The van der Waals surface area contributed by atoms with Gasteiger partial charge in [0.05, 0.1) is 32.6 Å². The van der Waals surface area contributed by atoms with Gasteiger partial charge in [0.1, 0.15) is 5.75 Å². The van der Waals surface area contributed by atoms with Crippen molar-refractivity contribution in [3.63, 3.8) is 0 Å². The van der Waals surface area contributed by atoms with Crippen LogP contribution in [0.1, 0.15) is 27.0 Å². The summed E-state index contributed by atoms with van der Waals surface area (Å²) < 4.78 is 13.8. The number of phenols is 2. The second-order valence-corrected chi connectivity index (χ2v) is 10.3. The lowest BCUT2D eigenvalue weighted by Gasteiger charge is -2.37. The molecule has 0 aromatic heterocycles. The van der Waals surface area contributed by atoms with Gasteiger partial charge in [-0.25, -0.2) is 4.79 Å². The quantitative estimate of drug-likeness (QED) is 0.133. The third-order valence-electron chi connectivity index (χ3n) is 5.22. The Bertz CT molecular complexity index is 1390. The predicted octanol–water partition coefficient (Wildman–Crippen LogP) is 6.21.